The molecule has 1 aliphatic rings. The third-order valence-electron chi connectivity index (χ3n) is 3.38. The Balaban J connectivity index is 2.30. The van der Waals surface area contributed by atoms with Gasteiger partial charge in [0, 0.05) is 0 Å². The van der Waals surface area contributed by atoms with Gasteiger partial charge in [-0.15, -0.1) is 0 Å². The van der Waals surface area contributed by atoms with E-state index in [2.05, 4.69) is 5.32 Å². The van der Waals surface area contributed by atoms with Crippen molar-refractivity contribution in [3.8, 4) is 0 Å². The number of hydrogen-bond donors (Lipinski definition) is 2. The molecule has 0 amide bonds. The summed E-state index contributed by atoms with van der Waals surface area (Å²) >= 11 is 0. The summed E-state index contributed by atoms with van der Waals surface area (Å²) in [5, 5.41) is 12.6. The van der Waals surface area contributed by atoms with Crippen LogP contribution in [-0.2, 0) is 0 Å². The van der Waals surface area contributed by atoms with E-state index < -0.39 is 12.3 Å². The molecule has 1 heterocycles. The lowest BCUT2D eigenvalue weighted by atomic mass is 9.85. The first-order valence-electron chi connectivity index (χ1n) is 6.04. The van der Waals surface area contributed by atoms with Crippen LogP contribution in [0.2, 0.25) is 0 Å². The van der Waals surface area contributed by atoms with Gasteiger partial charge in [0.15, 0.2) is 6.10 Å². The van der Waals surface area contributed by atoms with Crippen molar-refractivity contribution < 1.29 is 18.3 Å². The maximum absolute atomic E-state index is 12.6. The van der Waals surface area contributed by atoms with Crippen molar-refractivity contribution in [2.45, 2.75) is 31.0 Å². The highest BCUT2D eigenvalue weighted by atomic mass is 19.4. The Morgan fingerprint density at radius 3 is 2.39 bits per heavy atom. The number of piperidine rings is 1. The molecular formula is C13H16F3NO. The highest BCUT2D eigenvalue weighted by molar-refractivity contribution is 5.33. The van der Waals surface area contributed by atoms with Crippen molar-refractivity contribution in [3.05, 3.63) is 35.4 Å². The predicted octanol–water partition coefficient (Wildman–Crippen LogP) is 2.75. The number of hydrogen-bond acceptors (Lipinski definition) is 2. The van der Waals surface area contributed by atoms with Crippen LogP contribution in [0.1, 0.15) is 36.0 Å². The molecule has 0 bridgehead atoms. The minimum Gasteiger partial charge on any atom is -0.379 e. The summed E-state index contributed by atoms with van der Waals surface area (Å²) in [6, 6.07) is 6.33. The second-order valence-corrected chi connectivity index (χ2v) is 4.60. The number of rotatable bonds is 2. The molecule has 18 heavy (non-hydrogen) atoms. The molecule has 0 radical (unpaired) electrons. The minimum atomic E-state index is -4.61. The van der Waals surface area contributed by atoms with Crippen LogP contribution in [0.4, 0.5) is 13.2 Å². The lowest BCUT2D eigenvalue weighted by molar-refractivity contribution is -0.207. The van der Waals surface area contributed by atoms with Crippen molar-refractivity contribution in [2.24, 2.45) is 0 Å². The van der Waals surface area contributed by atoms with E-state index in [-0.39, 0.29) is 11.5 Å². The summed E-state index contributed by atoms with van der Waals surface area (Å²) in [5.74, 6) is 0.0967. The molecule has 0 saturated carbocycles. The summed E-state index contributed by atoms with van der Waals surface area (Å²) in [6.45, 7) is 1.61. The average Bonchev–Trinajstić information content (AvgIpc) is 2.38. The Bertz CT molecular complexity index is 399. The molecule has 1 aromatic rings. The van der Waals surface area contributed by atoms with Crippen LogP contribution < -0.4 is 5.32 Å². The summed E-state index contributed by atoms with van der Waals surface area (Å²) in [6.07, 6.45) is -5.38. The highest BCUT2D eigenvalue weighted by Crippen LogP contribution is 2.38. The lowest BCUT2D eigenvalue weighted by Crippen LogP contribution is -2.28. The van der Waals surface area contributed by atoms with Gasteiger partial charge in [-0.25, -0.2) is 0 Å². The van der Waals surface area contributed by atoms with Gasteiger partial charge in [-0.3, -0.25) is 0 Å². The Labute approximate surface area is 104 Å². The third kappa shape index (κ3) is 2.84. The molecule has 0 aromatic heterocycles. The van der Waals surface area contributed by atoms with Crippen molar-refractivity contribution in [1.29, 1.82) is 0 Å². The van der Waals surface area contributed by atoms with Crippen LogP contribution in [-0.4, -0.2) is 24.4 Å². The lowest BCUT2D eigenvalue weighted by Gasteiger charge is -2.27. The van der Waals surface area contributed by atoms with Crippen molar-refractivity contribution in [2.75, 3.05) is 13.1 Å². The van der Waals surface area contributed by atoms with Gasteiger partial charge in [0.05, 0.1) is 0 Å². The van der Waals surface area contributed by atoms with Gasteiger partial charge in [0.25, 0.3) is 0 Å². The normalized spacial score (nSPS) is 19.8. The molecule has 1 fully saturated rings. The van der Waals surface area contributed by atoms with Crippen LogP contribution in [0.5, 0.6) is 0 Å². The summed E-state index contributed by atoms with van der Waals surface area (Å²) in [5.41, 5.74) is 0.626. The molecule has 0 spiro atoms. The van der Waals surface area contributed by atoms with Gasteiger partial charge in [0.2, 0.25) is 0 Å². The second-order valence-electron chi connectivity index (χ2n) is 4.60. The van der Waals surface area contributed by atoms with E-state index in [4.69, 9.17) is 0 Å². The Kier molecular flexibility index (Phi) is 3.92. The standard InChI is InChI=1S/C13H16F3NO/c14-13(15,16)12(18)11-4-2-1-3-10(11)9-5-7-17-8-6-9/h1-4,9,12,17-18H,5-8H2. The third-order valence-corrected chi connectivity index (χ3v) is 3.38. The van der Waals surface area contributed by atoms with Gasteiger partial charge in [-0.05, 0) is 43.0 Å². The quantitative estimate of drug-likeness (QED) is 0.856. The number of aliphatic hydroxyl groups excluding tert-OH is 1. The van der Waals surface area contributed by atoms with Crippen molar-refractivity contribution in [3.63, 3.8) is 0 Å². The monoisotopic (exact) mass is 259 g/mol. The van der Waals surface area contributed by atoms with Gasteiger partial charge < -0.3 is 10.4 Å². The molecule has 2 nitrogen and oxygen atoms in total. The smallest absolute Gasteiger partial charge is 0.379 e. The fourth-order valence-corrected chi connectivity index (χ4v) is 2.44. The van der Waals surface area contributed by atoms with E-state index in [0.717, 1.165) is 25.9 Å². The van der Waals surface area contributed by atoms with Crippen molar-refractivity contribution in [1.82, 2.24) is 5.32 Å². The molecule has 1 atom stereocenters. The zero-order chi connectivity index (χ0) is 13.2. The first kappa shape index (κ1) is 13.4. The number of aliphatic hydroxyl groups is 1. The van der Waals surface area contributed by atoms with Crippen LogP contribution in [0, 0.1) is 0 Å². The summed E-state index contributed by atoms with van der Waals surface area (Å²) < 4.78 is 37.9. The molecule has 1 aliphatic heterocycles. The topological polar surface area (TPSA) is 32.3 Å². The van der Waals surface area contributed by atoms with E-state index in [1.165, 1.54) is 12.1 Å². The molecule has 5 heteroatoms. The number of alkyl halides is 3. The largest absolute Gasteiger partial charge is 0.418 e. The van der Waals surface area contributed by atoms with Gasteiger partial charge >= 0.3 is 6.18 Å². The van der Waals surface area contributed by atoms with Gasteiger partial charge in [-0.2, -0.15) is 13.2 Å². The van der Waals surface area contributed by atoms with E-state index in [9.17, 15) is 18.3 Å². The fourth-order valence-electron chi connectivity index (χ4n) is 2.44. The Morgan fingerprint density at radius 1 is 1.17 bits per heavy atom. The van der Waals surface area contributed by atoms with E-state index in [1.807, 2.05) is 0 Å². The molecular weight excluding hydrogens is 243 g/mol. The van der Waals surface area contributed by atoms with Crippen LogP contribution in [0.3, 0.4) is 0 Å². The molecule has 0 aliphatic carbocycles. The Hall–Kier alpha value is -1.07. The maximum atomic E-state index is 12.6. The van der Waals surface area contributed by atoms with Gasteiger partial charge in [-0.1, -0.05) is 24.3 Å². The predicted molar refractivity (Wildman–Crippen MR) is 62.3 cm³/mol. The highest BCUT2D eigenvalue weighted by Gasteiger charge is 2.41. The zero-order valence-corrected chi connectivity index (χ0v) is 9.87. The minimum absolute atomic E-state index is 0.00287. The Morgan fingerprint density at radius 2 is 1.78 bits per heavy atom. The number of halogens is 3. The first-order valence-corrected chi connectivity index (χ1v) is 6.04. The van der Waals surface area contributed by atoms with E-state index >= 15 is 0 Å². The maximum Gasteiger partial charge on any atom is 0.418 e. The molecule has 1 aromatic carbocycles. The number of benzene rings is 1. The summed E-state index contributed by atoms with van der Waals surface area (Å²) in [4.78, 5) is 0. The number of nitrogens with one attached hydrogen (secondary N) is 1. The molecule has 2 N–H and O–H groups in total. The molecule has 1 unspecified atom stereocenters. The van der Waals surface area contributed by atoms with E-state index in [0.29, 0.717) is 5.56 Å². The first-order chi connectivity index (χ1) is 8.50. The molecule has 100 valence electrons. The second kappa shape index (κ2) is 5.28. The molecule has 2 rings (SSSR count). The van der Waals surface area contributed by atoms with Crippen molar-refractivity contribution >= 4 is 0 Å². The fraction of sp³-hybridized carbons (Fsp3) is 0.538. The van der Waals surface area contributed by atoms with Crippen LogP contribution in [0.25, 0.3) is 0 Å². The van der Waals surface area contributed by atoms with E-state index in [1.54, 1.807) is 12.1 Å². The van der Waals surface area contributed by atoms with Crippen LogP contribution >= 0.6 is 0 Å². The summed E-state index contributed by atoms with van der Waals surface area (Å²) in [7, 11) is 0. The average molecular weight is 259 g/mol. The van der Waals surface area contributed by atoms with Gasteiger partial charge in [0.1, 0.15) is 0 Å². The van der Waals surface area contributed by atoms with Crippen LogP contribution in [0.15, 0.2) is 24.3 Å². The zero-order valence-electron chi connectivity index (χ0n) is 9.87. The molecule has 1 saturated heterocycles. The SMILES string of the molecule is OC(c1ccccc1C1CCNCC1)C(F)(F)F.